The molecule has 3 atom stereocenters. The van der Waals surface area contributed by atoms with Crippen molar-refractivity contribution in [2.24, 2.45) is 0 Å². The topological polar surface area (TPSA) is 57.7 Å². The Hall–Kier alpha value is -2.81. The van der Waals surface area contributed by atoms with E-state index in [0.29, 0.717) is 25.1 Å². The molecule has 1 N–H and O–H groups in total. The number of hydrogen-bond donors (Lipinski definition) is 1. The van der Waals surface area contributed by atoms with Gasteiger partial charge in [-0.3, -0.25) is 14.7 Å². The smallest absolute Gasteiger partial charge is 0.227 e. The maximum atomic E-state index is 15.5. The Balaban J connectivity index is 1.38. The number of pyridine rings is 1. The van der Waals surface area contributed by atoms with Gasteiger partial charge in [-0.2, -0.15) is 0 Å². The lowest BCUT2D eigenvalue weighted by Crippen LogP contribution is -2.54. The van der Waals surface area contributed by atoms with Crippen LogP contribution in [-0.4, -0.2) is 60.7 Å². The molecule has 38 heavy (non-hydrogen) atoms. The van der Waals surface area contributed by atoms with Crippen LogP contribution in [0.25, 0.3) is 0 Å². The molecule has 4 rings (SSSR count). The van der Waals surface area contributed by atoms with Gasteiger partial charge in [-0.05, 0) is 61.1 Å². The van der Waals surface area contributed by atoms with E-state index in [1.165, 1.54) is 4.88 Å². The summed E-state index contributed by atoms with van der Waals surface area (Å²) in [5, 5.41) is 5.49. The van der Waals surface area contributed by atoms with Gasteiger partial charge in [0, 0.05) is 43.5 Å². The van der Waals surface area contributed by atoms with Crippen LogP contribution in [0.5, 0.6) is 5.75 Å². The van der Waals surface area contributed by atoms with Crippen LogP contribution >= 0.6 is 11.3 Å². The zero-order chi connectivity index (χ0) is 26.7. The lowest BCUT2D eigenvalue weighted by molar-refractivity contribution is -0.119. The Labute approximate surface area is 229 Å². The number of alkyl halides is 1. The zero-order valence-corrected chi connectivity index (χ0v) is 23.2. The summed E-state index contributed by atoms with van der Waals surface area (Å²) in [6, 6.07) is 15.5. The Morgan fingerprint density at radius 1 is 1.24 bits per heavy atom. The summed E-state index contributed by atoms with van der Waals surface area (Å²) in [6.45, 7) is 7.54. The van der Waals surface area contributed by atoms with Gasteiger partial charge in [0.25, 0.3) is 0 Å². The Morgan fingerprint density at radius 2 is 2.11 bits per heavy atom. The average Bonchev–Trinajstić information content (AvgIpc) is 3.49. The normalized spacial score (nSPS) is 18.7. The first-order valence-electron chi connectivity index (χ1n) is 13.7. The molecule has 2 aromatic heterocycles. The third-order valence-electron chi connectivity index (χ3n) is 7.05. The summed E-state index contributed by atoms with van der Waals surface area (Å²) in [5.74, 6) is 0.824. The van der Waals surface area contributed by atoms with Gasteiger partial charge in [0.05, 0.1) is 17.9 Å². The second kappa shape index (κ2) is 14.4. The van der Waals surface area contributed by atoms with Crippen LogP contribution in [0.15, 0.2) is 66.3 Å². The molecule has 1 fully saturated rings. The molecule has 8 heteroatoms. The number of piperidine rings is 1. The number of aromatic nitrogens is 1. The van der Waals surface area contributed by atoms with E-state index < -0.39 is 12.2 Å². The molecule has 0 radical (unpaired) electrons. The van der Waals surface area contributed by atoms with Crippen molar-refractivity contribution in [1.29, 1.82) is 0 Å². The van der Waals surface area contributed by atoms with Crippen LogP contribution in [-0.2, 0) is 11.2 Å². The van der Waals surface area contributed by atoms with Gasteiger partial charge in [0.1, 0.15) is 18.0 Å². The Bertz CT molecular complexity index is 1110. The van der Waals surface area contributed by atoms with Crippen molar-refractivity contribution in [2.45, 2.75) is 57.8 Å². The van der Waals surface area contributed by atoms with E-state index in [1.807, 2.05) is 31.2 Å². The number of benzene rings is 1. The number of rotatable bonds is 13. The maximum Gasteiger partial charge on any atom is 0.227 e. The van der Waals surface area contributed by atoms with Gasteiger partial charge in [0.15, 0.2) is 0 Å². The highest BCUT2D eigenvalue weighted by molar-refractivity contribution is 7.10. The van der Waals surface area contributed by atoms with Crippen molar-refractivity contribution in [3.05, 3.63) is 76.7 Å². The quantitative estimate of drug-likeness (QED) is 0.285. The number of anilines is 1. The van der Waals surface area contributed by atoms with E-state index in [9.17, 15) is 4.79 Å². The van der Waals surface area contributed by atoms with Gasteiger partial charge < -0.3 is 15.0 Å². The summed E-state index contributed by atoms with van der Waals surface area (Å²) >= 11 is 1.72. The molecule has 204 valence electrons. The first kappa shape index (κ1) is 28.2. The number of carbonyl (C=O) groups is 1. The summed E-state index contributed by atoms with van der Waals surface area (Å²) in [7, 11) is 0. The molecule has 1 aliphatic heterocycles. The summed E-state index contributed by atoms with van der Waals surface area (Å²) in [4.78, 5) is 21.9. The van der Waals surface area contributed by atoms with Crippen molar-refractivity contribution < 1.29 is 13.9 Å². The van der Waals surface area contributed by atoms with Crippen molar-refractivity contribution in [2.75, 3.05) is 37.6 Å². The van der Waals surface area contributed by atoms with Crippen molar-refractivity contribution >= 4 is 22.9 Å². The number of thiophene rings is 1. The summed E-state index contributed by atoms with van der Waals surface area (Å²) in [6.07, 6.45) is 4.77. The molecule has 6 nitrogen and oxygen atoms in total. The number of nitrogens with zero attached hydrogens (tertiary/aromatic N) is 3. The van der Waals surface area contributed by atoms with E-state index in [-0.39, 0.29) is 12.0 Å². The second-order valence-electron chi connectivity index (χ2n) is 9.62. The first-order valence-corrected chi connectivity index (χ1v) is 14.6. The summed E-state index contributed by atoms with van der Waals surface area (Å²) in [5.41, 5.74) is 1.80. The fourth-order valence-corrected chi connectivity index (χ4v) is 5.83. The van der Waals surface area contributed by atoms with Gasteiger partial charge in [-0.15, -0.1) is 11.3 Å². The Morgan fingerprint density at radius 3 is 2.82 bits per heavy atom. The minimum Gasteiger partial charge on any atom is -0.485 e. The number of nitrogens with one attached hydrogen (secondary N) is 1. The van der Waals surface area contributed by atoms with E-state index >= 15 is 4.39 Å². The molecule has 0 saturated carbocycles. The molecule has 0 bridgehead atoms. The molecular weight excluding hydrogens is 499 g/mol. The molecule has 0 aliphatic carbocycles. The fourth-order valence-electron chi connectivity index (χ4n) is 5.04. The molecular formula is C30H39FN4O2S. The number of amides is 1. The number of ether oxygens (including phenoxy) is 1. The molecule has 1 saturated heterocycles. The van der Waals surface area contributed by atoms with Crippen LogP contribution in [0.1, 0.15) is 49.7 Å². The number of hydrogen-bond acceptors (Lipinski definition) is 6. The van der Waals surface area contributed by atoms with E-state index in [0.717, 1.165) is 50.3 Å². The molecule has 1 aromatic carbocycles. The van der Waals surface area contributed by atoms with Crippen LogP contribution in [0.2, 0.25) is 0 Å². The maximum absolute atomic E-state index is 15.5. The zero-order valence-electron chi connectivity index (χ0n) is 22.4. The van der Waals surface area contributed by atoms with Gasteiger partial charge in [-0.1, -0.05) is 38.1 Å². The van der Waals surface area contributed by atoms with Crippen LogP contribution < -0.4 is 15.0 Å². The van der Waals surface area contributed by atoms with Crippen molar-refractivity contribution in [3.63, 3.8) is 0 Å². The number of carbonyl (C=O) groups excluding carboxylic acids is 1. The largest absolute Gasteiger partial charge is 0.485 e. The predicted molar refractivity (Wildman–Crippen MR) is 153 cm³/mol. The van der Waals surface area contributed by atoms with Crippen LogP contribution in [0.3, 0.4) is 0 Å². The van der Waals surface area contributed by atoms with E-state index in [4.69, 9.17) is 4.74 Å². The highest BCUT2D eigenvalue weighted by Crippen LogP contribution is 2.31. The molecule has 1 amide bonds. The first-order chi connectivity index (χ1) is 18.6. The number of halogens is 1. The molecule has 3 heterocycles. The summed E-state index contributed by atoms with van der Waals surface area (Å²) < 4.78 is 22.1. The van der Waals surface area contributed by atoms with E-state index in [1.54, 1.807) is 34.7 Å². The molecule has 1 aliphatic rings. The lowest BCUT2D eigenvalue weighted by atomic mass is 9.99. The average molecular weight is 539 g/mol. The van der Waals surface area contributed by atoms with Crippen molar-refractivity contribution in [3.8, 4) is 5.75 Å². The molecule has 0 spiro atoms. The molecule has 3 aromatic rings. The lowest BCUT2D eigenvalue weighted by Gasteiger charge is -2.40. The highest BCUT2D eigenvalue weighted by Gasteiger charge is 2.36. The van der Waals surface area contributed by atoms with Gasteiger partial charge in [-0.25, -0.2) is 4.39 Å². The third-order valence-corrected chi connectivity index (χ3v) is 8.02. The van der Waals surface area contributed by atoms with Gasteiger partial charge >= 0.3 is 0 Å². The number of likely N-dealkylation sites (tertiary alicyclic amines) is 1. The van der Waals surface area contributed by atoms with Crippen LogP contribution in [0.4, 0.5) is 10.1 Å². The minimum absolute atomic E-state index is 0.00395. The molecule has 1 unspecified atom stereocenters. The van der Waals surface area contributed by atoms with E-state index in [2.05, 4.69) is 45.7 Å². The second-order valence-corrected chi connectivity index (χ2v) is 10.6. The minimum atomic E-state index is -1.12. The Kier molecular flexibility index (Phi) is 10.7. The monoisotopic (exact) mass is 538 g/mol. The standard InChI is InChI=1S/C30H39FN4O2S/c1-3-30(36)35(24-10-7-16-33-21-24)26-15-19-34(22-25(26)31)18-14-23-9-5-6-11-27(23)37-28(13-17-32-4-2)29-12-8-20-38-29/h5-12,16,20-21,25-26,28,32H,3-4,13-15,17-19,22H2,1-2H3/t25-,26+,28?/m0/s1. The van der Waals surface area contributed by atoms with Gasteiger partial charge in [0.2, 0.25) is 5.91 Å². The van der Waals surface area contributed by atoms with Crippen LogP contribution in [0, 0.1) is 0 Å². The fraction of sp³-hybridized carbons (Fsp3) is 0.467. The SMILES string of the molecule is CCNCCC(Oc1ccccc1CCN1CC[C@@H](N(C(=O)CC)c2cccnc2)[C@@H](F)C1)c1cccs1. The predicted octanol–water partition coefficient (Wildman–Crippen LogP) is 5.66. The number of para-hydroxylation sites is 1. The highest BCUT2D eigenvalue weighted by atomic mass is 32.1. The third kappa shape index (κ3) is 7.40. The van der Waals surface area contributed by atoms with Crippen molar-refractivity contribution in [1.82, 2.24) is 15.2 Å².